The first-order valence-electron chi connectivity index (χ1n) is 2.28. The summed E-state index contributed by atoms with van der Waals surface area (Å²) >= 11 is 0. The molecule has 100 valence electrons. The quantitative estimate of drug-likeness (QED) is 0.289. The van der Waals surface area contributed by atoms with Crippen molar-refractivity contribution in [1.82, 2.24) is 0 Å². The van der Waals surface area contributed by atoms with E-state index >= 15 is 0 Å². The van der Waals surface area contributed by atoms with Crippen LogP contribution in [0.2, 0.25) is 0 Å². The van der Waals surface area contributed by atoms with Crippen molar-refractivity contribution in [3.05, 3.63) is 0 Å². The van der Waals surface area contributed by atoms with Crippen molar-refractivity contribution in [3.8, 4) is 0 Å². The fourth-order valence-corrected chi connectivity index (χ4v) is 0.270. The van der Waals surface area contributed by atoms with Gasteiger partial charge >= 0.3 is 89.5 Å². The van der Waals surface area contributed by atoms with Crippen LogP contribution in [-0.4, -0.2) is 144 Å². The molecule has 16 heavy (non-hydrogen) atoms. The van der Waals surface area contributed by atoms with Crippen LogP contribution < -0.4 is 0 Å². The molecule has 0 aliphatic carbocycles. The zero-order chi connectivity index (χ0) is 8.31. The van der Waals surface area contributed by atoms with Crippen LogP contribution in [0.5, 0.6) is 0 Å². The predicted octanol–water partition coefficient (Wildman–Crippen LogP) is -7.25. The SMILES string of the molecule is O.O.O.O.O=C(O)C(O)C(O)C(=O)O.[BiH3].[KH]. The molecule has 0 fully saturated rings. The average molecular weight is 474 g/mol. The number of carboxylic acids is 2. The Balaban J connectivity index is -0.0000000270. The van der Waals surface area contributed by atoms with Crippen molar-refractivity contribution < 1.29 is 51.9 Å². The molecule has 2 unspecified atom stereocenters. The van der Waals surface area contributed by atoms with E-state index in [9.17, 15) is 9.59 Å². The van der Waals surface area contributed by atoms with Crippen molar-refractivity contribution >= 4 is 89.5 Å². The molecule has 0 amide bonds. The van der Waals surface area contributed by atoms with Gasteiger partial charge in [0.25, 0.3) is 0 Å². The Hall–Kier alpha value is 1.22. The topological polar surface area (TPSA) is 241 Å². The standard InChI is InChI=1S/C4H6O6.Bi.K.4H2O.4H/c5-1(3(7)8)2(6)4(9)10;;;;;;;;;;/h1-2,5-6H,(H,7,8)(H,9,10);;;4*1H2;;;;. The van der Waals surface area contributed by atoms with Crippen molar-refractivity contribution in [2.24, 2.45) is 0 Å². The molecule has 0 aromatic carbocycles. The van der Waals surface area contributed by atoms with Crippen LogP contribution >= 0.6 is 0 Å². The van der Waals surface area contributed by atoms with Crippen LogP contribution in [0.15, 0.2) is 0 Å². The number of carbonyl (C=O) groups is 2. The fraction of sp³-hybridized carbons (Fsp3) is 0.500. The molecule has 0 heterocycles. The molecule has 10 nitrogen and oxygen atoms in total. The summed E-state index contributed by atoms with van der Waals surface area (Å²) in [4.78, 5) is 19.5. The van der Waals surface area contributed by atoms with Crippen LogP contribution in [0.25, 0.3) is 0 Å². The zero-order valence-corrected chi connectivity index (χ0v) is 13.0. The molecule has 0 radical (unpaired) electrons. The van der Waals surface area contributed by atoms with E-state index in [1.807, 2.05) is 0 Å². The predicted molar refractivity (Wildman–Crippen MR) is 58.8 cm³/mol. The molecule has 0 aliphatic rings. The number of hydrogen-bond acceptors (Lipinski definition) is 4. The minimum absolute atomic E-state index is 0. The summed E-state index contributed by atoms with van der Waals surface area (Å²) in [6.45, 7) is 0. The van der Waals surface area contributed by atoms with E-state index in [1.165, 1.54) is 0 Å². The molecule has 0 rings (SSSR count). The van der Waals surface area contributed by atoms with E-state index in [4.69, 9.17) is 20.4 Å². The summed E-state index contributed by atoms with van der Waals surface area (Å²) < 4.78 is 0. The number of hydrogen-bond donors (Lipinski definition) is 4. The Morgan fingerprint density at radius 1 is 0.750 bits per heavy atom. The van der Waals surface area contributed by atoms with Gasteiger partial charge in [0, 0.05) is 0 Å². The van der Waals surface area contributed by atoms with Crippen LogP contribution in [0.1, 0.15) is 0 Å². The Morgan fingerprint density at radius 2 is 0.875 bits per heavy atom. The number of aliphatic hydroxyl groups excluding tert-OH is 2. The third-order valence-electron chi connectivity index (χ3n) is 0.805. The van der Waals surface area contributed by atoms with Gasteiger partial charge in [0.1, 0.15) is 0 Å². The summed E-state index contributed by atoms with van der Waals surface area (Å²) in [6.07, 6.45) is -4.53. The Kier molecular flexibility index (Phi) is 58.3. The Labute approximate surface area is 151 Å². The first kappa shape index (κ1) is 43.4. The minimum atomic E-state index is -2.27. The maximum atomic E-state index is 9.77. The molecule has 0 aromatic heterocycles. The molecule has 0 saturated heterocycles. The molecule has 0 saturated carbocycles. The van der Waals surface area contributed by atoms with E-state index in [-0.39, 0.29) is 99.5 Å². The van der Waals surface area contributed by atoms with Crippen LogP contribution in [0, 0.1) is 0 Å². The number of rotatable bonds is 3. The summed E-state index contributed by atoms with van der Waals surface area (Å²) in [5.41, 5.74) is 0. The number of aliphatic hydroxyl groups is 2. The Bertz CT molecular complexity index is 147. The maximum absolute atomic E-state index is 9.77. The van der Waals surface area contributed by atoms with Crippen molar-refractivity contribution in [1.29, 1.82) is 0 Å². The van der Waals surface area contributed by atoms with Crippen LogP contribution in [-0.2, 0) is 9.59 Å². The van der Waals surface area contributed by atoms with Gasteiger partial charge in [-0.1, -0.05) is 0 Å². The van der Waals surface area contributed by atoms with Gasteiger partial charge in [-0.05, 0) is 0 Å². The van der Waals surface area contributed by atoms with Gasteiger partial charge in [0.15, 0.2) is 12.2 Å². The molecular weight excluding hydrogens is 456 g/mol. The third kappa shape index (κ3) is 17.6. The normalized spacial score (nSPS) is 9.88. The second-order valence-corrected chi connectivity index (χ2v) is 1.57. The Morgan fingerprint density at radius 3 is 0.938 bits per heavy atom. The van der Waals surface area contributed by atoms with Gasteiger partial charge in [0.2, 0.25) is 0 Å². The number of aliphatic carboxylic acids is 2. The van der Waals surface area contributed by atoms with Crippen molar-refractivity contribution in [3.63, 3.8) is 0 Å². The second kappa shape index (κ2) is 21.5. The van der Waals surface area contributed by atoms with Gasteiger partial charge in [-0.3, -0.25) is 0 Å². The van der Waals surface area contributed by atoms with E-state index in [1.54, 1.807) is 0 Å². The van der Waals surface area contributed by atoms with E-state index in [0.717, 1.165) is 0 Å². The molecule has 12 N–H and O–H groups in total. The van der Waals surface area contributed by atoms with E-state index < -0.39 is 24.1 Å². The monoisotopic (exact) mass is 474 g/mol. The first-order chi connectivity index (χ1) is 4.46. The molecule has 0 spiro atoms. The van der Waals surface area contributed by atoms with Gasteiger partial charge in [-0.2, -0.15) is 0 Å². The number of carboxylic acid groups (broad SMARTS) is 2. The van der Waals surface area contributed by atoms with E-state index in [0.29, 0.717) is 0 Å². The zero-order valence-electron chi connectivity index (χ0n) is 7.47. The summed E-state index contributed by atoms with van der Waals surface area (Å²) in [5.74, 6) is -3.54. The van der Waals surface area contributed by atoms with Gasteiger partial charge in [0.05, 0.1) is 0 Å². The van der Waals surface area contributed by atoms with Crippen LogP contribution in [0.4, 0.5) is 0 Å². The molecular formula is C4H18BiKO10. The summed E-state index contributed by atoms with van der Waals surface area (Å²) in [6, 6.07) is 0. The molecule has 2 atom stereocenters. The van der Waals surface area contributed by atoms with Gasteiger partial charge in [-0.25, -0.2) is 9.59 Å². The van der Waals surface area contributed by atoms with Crippen LogP contribution in [0.3, 0.4) is 0 Å². The van der Waals surface area contributed by atoms with Crippen molar-refractivity contribution in [2.45, 2.75) is 12.2 Å². The second-order valence-electron chi connectivity index (χ2n) is 1.57. The molecule has 0 bridgehead atoms. The van der Waals surface area contributed by atoms with Gasteiger partial charge in [-0.15, -0.1) is 0 Å². The first-order valence-corrected chi connectivity index (χ1v) is 2.28. The third-order valence-corrected chi connectivity index (χ3v) is 0.805. The van der Waals surface area contributed by atoms with Crippen molar-refractivity contribution in [2.75, 3.05) is 0 Å². The summed E-state index contributed by atoms with van der Waals surface area (Å²) in [7, 11) is 0. The molecule has 0 aliphatic heterocycles. The molecule has 0 aromatic rings. The fourth-order valence-electron chi connectivity index (χ4n) is 0.270. The van der Waals surface area contributed by atoms with Gasteiger partial charge < -0.3 is 42.3 Å². The van der Waals surface area contributed by atoms with E-state index in [2.05, 4.69) is 0 Å². The summed E-state index contributed by atoms with van der Waals surface area (Å²) in [5, 5.41) is 32.5. The molecule has 12 heteroatoms. The average Bonchev–Trinajstić information content (AvgIpc) is 1.84.